The number of ether oxygens (including phenoxy) is 4. The molecule has 2 rings (SSSR count). The fourth-order valence-corrected chi connectivity index (χ4v) is 3.56. The maximum Gasteiger partial charge on any atom is 0.225 e. The van der Waals surface area contributed by atoms with Gasteiger partial charge in [0, 0.05) is 24.7 Å². The maximum atomic E-state index is 12.5. The first-order valence-electron chi connectivity index (χ1n) is 8.12. The number of rotatable bonds is 7. The van der Waals surface area contributed by atoms with Crippen molar-refractivity contribution in [2.45, 2.75) is 25.7 Å². The molecule has 24 heavy (non-hydrogen) atoms. The Morgan fingerprint density at radius 3 is 2.46 bits per heavy atom. The topological polar surface area (TPSA) is 66.0 Å². The van der Waals surface area contributed by atoms with E-state index in [1.807, 2.05) is 6.07 Å². The number of hydrogen-bond donors (Lipinski definition) is 1. The largest absolute Gasteiger partial charge is 0.497 e. The van der Waals surface area contributed by atoms with Crippen LogP contribution in [0.2, 0.25) is 0 Å². The highest BCUT2D eigenvalue weighted by atomic mass is 16.5. The van der Waals surface area contributed by atoms with Crippen LogP contribution in [0, 0.1) is 11.8 Å². The Bertz CT molecular complexity index is 575. The third-order valence-electron chi connectivity index (χ3n) is 4.64. The monoisotopic (exact) mass is 337 g/mol. The van der Waals surface area contributed by atoms with Crippen LogP contribution in [0.1, 0.15) is 31.2 Å². The molecule has 3 atom stereocenters. The number of hydrogen-bond acceptors (Lipinski definition) is 5. The Labute approximate surface area is 143 Å². The van der Waals surface area contributed by atoms with E-state index in [2.05, 4.69) is 12.2 Å². The second kappa shape index (κ2) is 8.24. The van der Waals surface area contributed by atoms with Crippen molar-refractivity contribution in [1.82, 2.24) is 5.32 Å². The molecule has 0 bridgehead atoms. The summed E-state index contributed by atoms with van der Waals surface area (Å²) < 4.78 is 21.4. The number of carbonyl (C=O) groups excluding carboxylic acids is 1. The molecule has 6 heteroatoms. The first kappa shape index (κ1) is 18.4. The van der Waals surface area contributed by atoms with Gasteiger partial charge >= 0.3 is 0 Å². The second-order valence-electron chi connectivity index (χ2n) is 6.22. The van der Waals surface area contributed by atoms with Gasteiger partial charge in [0.2, 0.25) is 5.91 Å². The van der Waals surface area contributed by atoms with E-state index in [1.54, 1.807) is 34.5 Å². The molecule has 134 valence electrons. The fourth-order valence-electron chi connectivity index (χ4n) is 3.56. The van der Waals surface area contributed by atoms with E-state index in [1.165, 1.54) is 0 Å². The van der Waals surface area contributed by atoms with Gasteiger partial charge in [-0.15, -0.1) is 0 Å². The number of methoxy groups -OCH3 is 4. The first-order valence-corrected chi connectivity index (χ1v) is 8.12. The summed E-state index contributed by atoms with van der Waals surface area (Å²) in [5.74, 6) is 2.37. The minimum absolute atomic E-state index is 0.00930. The van der Waals surface area contributed by atoms with Gasteiger partial charge in [-0.3, -0.25) is 4.79 Å². The quantitative estimate of drug-likeness (QED) is 0.775. The average molecular weight is 337 g/mol. The molecule has 0 radical (unpaired) electrons. The van der Waals surface area contributed by atoms with E-state index < -0.39 is 0 Å². The second-order valence-corrected chi connectivity index (χ2v) is 6.22. The van der Waals surface area contributed by atoms with Gasteiger partial charge in [0.15, 0.2) is 11.5 Å². The van der Waals surface area contributed by atoms with Crippen LogP contribution in [0.4, 0.5) is 0 Å². The van der Waals surface area contributed by atoms with E-state index in [-0.39, 0.29) is 24.5 Å². The molecule has 1 aliphatic rings. The molecule has 1 fully saturated rings. The molecule has 0 saturated heterocycles. The van der Waals surface area contributed by atoms with Crippen molar-refractivity contribution in [3.63, 3.8) is 0 Å². The highest BCUT2D eigenvalue weighted by Crippen LogP contribution is 2.49. The highest BCUT2D eigenvalue weighted by Gasteiger charge is 2.39. The minimum atomic E-state index is -0.124. The molecule has 1 saturated carbocycles. The maximum absolute atomic E-state index is 12.5. The third-order valence-corrected chi connectivity index (χ3v) is 4.64. The zero-order valence-electron chi connectivity index (χ0n) is 15.0. The normalized spacial score (nSPS) is 23.0. The summed E-state index contributed by atoms with van der Waals surface area (Å²) in [6, 6.07) is 3.74. The predicted molar refractivity (Wildman–Crippen MR) is 90.7 cm³/mol. The summed E-state index contributed by atoms with van der Waals surface area (Å²) in [5, 5.41) is 2.82. The molecule has 1 aromatic rings. The molecule has 0 spiro atoms. The Hall–Kier alpha value is -1.95. The van der Waals surface area contributed by atoms with E-state index >= 15 is 0 Å². The van der Waals surface area contributed by atoms with Crippen molar-refractivity contribution < 1.29 is 23.7 Å². The number of benzene rings is 1. The van der Waals surface area contributed by atoms with E-state index in [9.17, 15) is 4.79 Å². The van der Waals surface area contributed by atoms with Crippen LogP contribution in [-0.4, -0.2) is 41.1 Å². The molecule has 0 aliphatic heterocycles. The SMILES string of the molecule is COCNC(=O)[C@H]1C[C@@H](C)C[C@H]1c1cc(OC)cc(OC)c1OC. The molecule has 1 aromatic carbocycles. The summed E-state index contributed by atoms with van der Waals surface area (Å²) in [4.78, 5) is 12.5. The van der Waals surface area contributed by atoms with Crippen molar-refractivity contribution in [2.24, 2.45) is 11.8 Å². The Morgan fingerprint density at radius 2 is 1.88 bits per heavy atom. The Balaban J connectivity index is 2.41. The van der Waals surface area contributed by atoms with Crippen LogP contribution < -0.4 is 19.5 Å². The summed E-state index contributed by atoms with van der Waals surface area (Å²) in [6.07, 6.45) is 1.75. The van der Waals surface area contributed by atoms with Gasteiger partial charge in [-0.1, -0.05) is 6.92 Å². The predicted octanol–water partition coefficient (Wildman–Crippen LogP) is 2.56. The number of amides is 1. The third kappa shape index (κ3) is 3.75. The number of carbonyl (C=O) groups is 1. The van der Waals surface area contributed by atoms with Crippen LogP contribution in [0.25, 0.3) is 0 Å². The minimum Gasteiger partial charge on any atom is -0.497 e. The highest BCUT2D eigenvalue weighted by molar-refractivity contribution is 5.80. The van der Waals surface area contributed by atoms with Crippen LogP contribution in [0.15, 0.2) is 12.1 Å². The molecule has 1 amide bonds. The summed E-state index contributed by atoms with van der Waals surface area (Å²) >= 11 is 0. The van der Waals surface area contributed by atoms with Gasteiger partial charge in [0.05, 0.1) is 21.3 Å². The lowest BCUT2D eigenvalue weighted by atomic mass is 9.87. The van der Waals surface area contributed by atoms with Crippen molar-refractivity contribution in [3.8, 4) is 17.2 Å². The van der Waals surface area contributed by atoms with E-state index in [4.69, 9.17) is 18.9 Å². The summed E-state index contributed by atoms with van der Waals surface area (Å²) in [6.45, 7) is 2.38. The smallest absolute Gasteiger partial charge is 0.225 e. The molecule has 0 unspecified atom stereocenters. The first-order chi connectivity index (χ1) is 11.5. The van der Waals surface area contributed by atoms with Crippen LogP contribution in [0.3, 0.4) is 0 Å². The van der Waals surface area contributed by atoms with Crippen LogP contribution >= 0.6 is 0 Å². The van der Waals surface area contributed by atoms with Gasteiger partial charge in [-0.25, -0.2) is 0 Å². The molecule has 0 aromatic heterocycles. The Morgan fingerprint density at radius 1 is 1.12 bits per heavy atom. The molecular formula is C18H27NO5. The van der Waals surface area contributed by atoms with Gasteiger partial charge in [-0.2, -0.15) is 0 Å². The van der Waals surface area contributed by atoms with Gasteiger partial charge in [-0.05, 0) is 30.7 Å². The molecule has 0 heterocycles. The molecule has 6 nitrogen and oxygen atoms in total. The zero-order valence-corrected chi connectivity index (χ0v) is 15.0. The fraction of sp³-hybridized carbons (Fsp3) is 0.611. The van der Waals surface area contributed by atoms with Crippen LogP contribution in [-0.2, 0) is 9.53 Å². The van der Waals surface area contributed by atoms with Crippen molar-refractivity contribution in [3.05, 3.63) is 17.7 Å². The van der Waals surface area contributed by atoms with Gasteiger partial charge < -0.3 is 24.3 Å². The van der Waals surface area contributed by atoms with Crippen LogP contribution in [0.5, 0.6) is 17.2 Å². The van der Waals surface area contributed by atoms with Crippen molar-refractivity contribution in [1.29, 1.82) is 0 Å². The van der Waals surface area contributed by atoms with Crippen molar-refractivity contribution in [2.75, 3.05) is 35.2 Å². The zero-order chi connectivity index (χ0) is 17.7. The van der Waals surface area contributed by atoms with E-state index in [0.29, 0.717) is 23.2 Å². The molecule has 1 N–H and O–H groups in total. The van der Waals surface area contributed by atoms with E-state index in [0.717, 1.165) is 18.4 Å². The number of nitrogens with one attached hydrogen (secondary N) is 1. The lowest BCUT2D eigenvalue weighted by Gasteiger charge is -2.23. The lowest BCUT2D eigenvalue weighted by molar-refractivity contribution is -0.126. The standard InChI is InChI=1S/C18H27NO5/c1-11-6-13(15(7-11)18(20)19-10-21-2)14-8-12(22-3)9-16(23-4)17(14)24-5/h8-9,11,13,15H,6-7,10H2,1-5H3,(H,19,20)/t11-,13-,15-/m0/s1. The molecule has 1 aliphatic carbocycles. The van der Waals surface area contributed by atoms with Crippen molar-refractivity contribution >= 4 is 5.91 Å². The summed E-state index contributed by atoms with van der Waals surface area (Å²) in [7, 11) is 6.39. The van der Waals surface area contributed by atoms with Gasteiger partial charge in [0.1, 0.15) is 12.5 Å². The molecular weight excluding hydrogens is 310 g/mol. The average Bonchev–Trinajstić information content (AvgIpc) is 2.99. The summed E-state index contributed by atoms with van der Waals surface area (Å²) in [5.41, 5.74) is 0.954. The van der Waals surface area contributed by atoms with Gasteiger partial charge in [0.25, 0.3) is 0 Å². The Kier molecular flexibility index (Phi) is 6.31. The lowest BCUT2D eigenvalue weighted by Crippen LogP contribution is -2.33.